The van der Waals surface area contributed by atoms with E-state index in [1.54, 1.807) is 0 Å². The number of nitrogens with zero attached hydrogens (tertiary/aromatic N) is 5. The van der Waals surface area contributed by atoms with Gasteiger partial charge in [0.15, 0.2) is 5.13 Å². The van der Waals surface area contributed by atoms with Gasteiger partial charge in [-0.2, -0.15) is 0 Å². The fourth-order valence-electron chi connectivity index (χ4n) is 4.45. The molecule has 1 unspecified atom stereocenters. The normalized spacial score (nSPS) is 21.4. The molecule has 2 aliphatic heterocycles. The lowest BCUT2D eigenvalue weighted by molar-refractivity contribution is 0.205. The van der Waals surface area contributed by atoms with E-state index in [1.807, 2.05) is 23.6 Å². The van der Waals surface area contributed by atoms with Crippen LogP contribution in [0.1, 0.15) is 12.8 Å². The summed E-state index contributed by atoms with van der Waals surface area (Å²) in [5.41, 5.74) is 1.13. The van der Waals surface area contributed by atoms with E-state index in [9.17, 15) is 0 Å². The van der Waals surface area contributed by atoms with Crippen LogP contribution in [-0.2, 0) is 0 Å². The third-order valence-electron chi connectivity index (χ3n) is 5.93. The molecule has 0 saturated carbocycles. The number of rotatable bonds is 4. The van der Waals surface area contributed by atoms with Gasteiger partial charge in [0.2, 0.25) is 0 Å². The van der Waals surface area contributed by atoms with Gasteiger partial charge < -0.3 is 9.80 Å². The highest BCUT2D eigenvalue weighted by atomic mass is 32.1. The van der Waals surface area contributed by atoms with Crippen molar-refractivity contribution in [3.05, 3.63) is 48.7 Å². The van der Waals surface area contributed by atoms with Crippen LogP contribution in [0.25, 0.3) is 10.2 Å². The predicted molar refractivity (Wildman–Crippen MR) is 117 cm³/mol. The molecule has 0 bridgehead atoms. The minimum Gasteiger partial charge on any atom is -0.354 e. The second-order valence-electron chi connectivity index (χ2n) is 7.89. The van der Waals surface area contributed by atoms with Gasteiger partial charge in [0.05, 0.1) is 10.2 Å². The number of piperidine rings is 1. The maximum Gasteiger partial charge on any atom is 0.186 e. The van der Waals surface area contributed by atoms with E-state index >= 15 is 0 Å². The van der Waals surface area contributed by atoms with E-state index in [1.165, 1.54) is 29.2 Å². The molecule has 1 aromatic carbocycles. The van der Waals surface area contributed by atoms with Crippen molar-refractivity contribution in [3.63, 3.8) is 0 Å². The predicted octanol–water partition coefficient (Wildman–Crippen LogP) is 3.73. The van der Waals surface area contributed by atoms with Crippen molar-refractivity contribution in [1.29, 1.82) is 0 Å². The maximum absolute atomic E-state index is 4.88. The quantitative estimate of drug-likeness (QED) is 0.675. The Morgan fingerprint density at radius 2 is 1.79 bits per heavy atom. The number of benzene rings is 1. The van der Waals surface area contributed by atoms with Crippen molar-refractivity contribution in [2.75, 3.05) is 55.6 Å². The number of thiazole rings is 1. The Balaban J connectivity index is 1.17. The van der Waals surface area contributed by atoms with Crippen molar-refractivity contribution < 1.29 is 0 Å². The van der Waals surface area contributed by atoms with Crippen LogP contribution in [-0.4, -0.2) is 60.7 Å². The van der Waals surface area contributed by atoms with E-state index in [0.717, 1.165) is 56.5 Å². The van der Waals surface area contributed by atoms with Gasteiger partial charge in [-0.25, -0.2) is 9.97 Å². The van der Waals surface area contributed by atoms with Gasteiger partial charge >= 0.3 is 0 Å². The third-order valence-corrected chi connectivity index (χ3v) is 7.03. The molecule has 2 saturated heterocycles. The van der Waals surface area contributed by atoms with E-state index in [-0.39, 0.29) is 0 Å². The van der Waals surface area contributed by atoms with Gasteiger partial charge in [0.25, 0.3) is 0 Å². The van der Waals surface area contributed by atoms with E-state index in [0.29, 0.717) is 0 Å². The molecule has 5 rings (SSSR count). The van der Waals surface area contributed by atoms with Crippen LogP contribution in [0.2, 0.25) is 0 Å². The average molecular weight is 394 g/mol. The Hall–Kier alpha value is -2.18. The summed E-state index contributed by atoms with van der Waals surface area (Å²) in [5.74, 6) is 1.85. The summed E-state index contributed by atoms with van der Waals surface area (Å²) in [6.07, 6.45) is 4.50. The summed E-state index contributed by atoms with van der Waals surface area (Å²) in [7, 11) is 0. The lowest BCUT2D eigenvalue weighted by Gasteiger charge is -2.39. The van der Waals surface area contributed by atoms with Gasteiger partial charge in [-0.05, 0) is 43.0 Å². The lowest BCUT2D eigenvalue weighted by Crippen LogP contribution is -2.49. The number of piperazine rings is 1. The number of fused-ring (bicyclic) bond motifs is 1. The minimum absolute atomic E-state index is 0.738. The molecule has 0 spiro atoms. The van der Waals surface area contributed by atoms with Crippen LogP contribution in [0, 0.1) is 5.92 Å². The lowest BCUT2D eigenvalue weighted by atomic mass is 9.97. The van der Waals surface area contributed by atoms with Gasteiger partial charge in [-0.3, -0.25) is 4.90 Å². The van der Waals surface area contributed by atoms with Crippen molar-refractivity contribution >= 4 is 32.5 Å². The molecule has 0 N–H and O–H groups in total. The van der Waals surface area contributed by atoms with Crippen LogP contribution < -0.4 is 9.80 Å². The molecule has 0 radical (unpaired) electrons. The zero-order valence-corrected chi connectivity index (χ0v) is 17.0. The highest BCUT2D eigenvalue weighted by molar-refractivity contribution is 7.22. The molecule has 3 aromatic rings. The molecule has 4 heterocycles. The molecular weight excluding hydrogens is 366 g/mol. The van der Waals surface area contributed by atoms with E-state index in [4.69, 9.17) is 4.98 Å². The summed E-state index contributed by atoms with van der Waals surface area (Å²) in [6.45, 7) is 7.90. The van der Waals surface area contributed by atoms with Crippen molar-refractivity contribution in [1.82, 2.24) is 14.9 Å². The fourth-order valence-corrected chi connectivity index (χ4v) is 5.45. The topological polar surface area (TPSA) is 35.5 Å². The summed E-state index contributed by atoms with van der Waals surface area (Å²) in [4.78, 5) is 16.9. The number of pyridine rings is 1. The summed E-state index contributed by atoms with van der Waals surface area (Å²) in [6, 6.07) is 14.7. The highest BCUT2D eigenvalue weighted by Gasteiger charge is 2.26. The number of hydrogen-bond acceptors (Lipinski definition) is 6. The number of anilines is 2. The molecule has 2 fully saturated rings. The molecule has 5 nitrogen and oxygen atoms in total. The third kappa shape index (κ3) is 3.84. The van der Waals surface area contributed by atoms with Crippen LogP contribution in [0.3, 0.4) is 0 Å². The number of hydrogen-bond donors (Lipinski definition) is 0. The SMILES string of the molecule is c1ccc(N2CCN(CC3CCCN(c4nc5ccccc5s4)C3)CC2)nc1. The van der Waals surface area contributed by atoms with Crippen molar-refractivity contribution in [3.8, 4) is 0 Å². The van der Waals surface area contributed by atoms with E-state index in [2.05, 4.69) is 56.1 Å². The Kier molecular flexibility index (Phi) is 5.14. The van der Waals surface area contributed by atoms with Crippen LogP contribution in [0.5, 0.6) is 0 Å². The number of aromatic nitrogens is 2. The van der Waals surface area contributed by atoms with Gasteiger partial charge in [0, 0.05) is 52.0 Å². The first kappa shape index (κ1) is 17.9. The Morgan fingerprint density at radius 3 is 2.61 bits per heavy atom. The molecule has 0 amide bonds. The molecule has 6 heteroatoms. The van der Waals surface area contributed by atoms with Crippen LogP contribution in [0.15, 0.2) is 48.7 Å². The first-order valence-electron chi connectivity index (χ1n) is 10.3. The standard InChI is InChI=1S/C22H27N5S/c1-2-8-20-19(7-1)24-22(28-20)27-11-5-6-18(17-27)16-25-12-14-26(15-13-25)21-9-3-4-10-23-21/h1-4,7-10,18H,5-6,11-17H2. The first-order valence-corrected chi connectivity index (χ1v) is 11.2. The molecule has 0 aliphatic carbocycles. The largest absolute Gasteiger partial charge is 0.354 e. The summed E-state index contributed by atoms with van der Waals surface area (Å²) < 4.78 is 1.30. The van der Waals surface area contributed by atoms with Gasteiger partial charge in [0.1, 0.15) is 5.82 Å². The van der Waals surface area contributed by atoms with Gasteiger partial charge in [-0.1, -0.05) is 29.5 Å². The monoisotopic (exact) mass is 393 g/mol. The molecule has 2 aliphatic rings. The minimum atomic E-state index is 0.738. The van der Waals surface area contributed by atoms with Crippen LogP contribution >= 0.6 is 11.3 Å². The van der Waals surface area contributed by atoms with Crippen LogP contribution in [0.4, 0.5) is 10.9 Å². The Bertz CT molecular complexity index is 870. The van der Waals surface area contributed by atoms with E-state index < -0.39 is 0 Å². The van der Waals surface area contributed by atoms with Crippen molar-refractivity contribution in [2.45, 2.75) is 12.8 Å². The summed E-state index contributed by atoms with van der Waals surface area (Å²) in [5, 5.41) is 1.20. The van der Waals surface area contributed by atoms with Gasteiger partial charge in [-0.15, -0.1) is 0 Å². The molecule has 146 valence electrons. The smallest absolute Gasteiger partial charge is 0.186 e. The zero-order chi connectivity index (χ0) is 18.8. The maximum atomic E-state index is 4.88. The second-order valence-corrected chi connectivity index (χ2v) is 8.90. The Labute approximate surface area is 170 Å². The number of para-hydroxylation sites is 1. The second kappa shape index (κ2) is 8.05. The zero-order valence-electron chi connectivity index (χ0n) is 16.2. The first-order chi connectivity index (χ1) is 13.8. The molecule has 28 heavy (non-hydrogen) atoms. The Morgan fingerprint density at radius 1 is 0.929 bits per heavy atom. The fraction of sp³-hybridized carbons (Fsp3) is 0.455. The molecule has 2 aromatic heterocycles. The van der Waals surface area contributed by atoms with Crippen molar-refractivity contribution in [2.24, 2.45) is 5.92 Å². The molecular formula is C22H27N5S. The average Bonchev–Trinajstić information content (AvgIpc) is 3.20. The summed E-state index contributed by atoms with van der Waals surface area (Å²) >= 11 is 1.84. The highest BCUT2D eigenvalue weighted by Crippen LogP contribution is 2.31. The molecule has 1 atom stereocenters.